The Hall–Kier alpha value is -3.37. The third-order valence-corrected chi connectivity index (χ3v) is 8.01. The predicted molar refractivity (Wildman–Crippen MR) is 126 cm³/mol. The third-order valence-electron chi connectivity index (χ3n) is 5.96. The quantitative estimate of drug-likeness (QED) is 0.525. The number of aromatic nitrogens is 1. The van der Waals surface area contributed by atoms with Crippen LogP contribution in [0.15, 0.2) is 57.9 Å². The summed E-state index contributed by atoms with van der Waals surface area (Å²) in [6.07, 6.45) is 3.55. The van der Waals surface area contributed by atoms with E-state index in [9.17, 15) is 22.0 Å². The van der Waals surface area contributed by atoms with Crippen LogP contribution in [0.3, 0.4) is 0 Å². The van der Waals surface area contributed by atoms with Crippen LogP contribution in [0.1, 0.15) is 35.4 Å². The molecule has 35 heavy (non-hydrogen) atoms. The molecule has 184 valence electrons. The van der Waals surface area contributed by atoms with E-state index in [1.54, 1.807) is 30.3 Å². The van der Waals surface area contributed by atoms with Crippen LogP contribution in [0, 0.1) is 24.5 Å². The number of nitrogens with one attached hydrogen (secondary N) is 1. The summed E-state index contributed by atoms with van der Waals surface area (Å²) in [5.74, 6) is -1.26. The zero-order valence-electron chi connectivity index (χ0n) is 19.1. The van der Waals surface area contributed by atoms with Gasteiger partial charge >= 0.3 is 0 Å². The van der Waals surface area contributed by atoms with Gasteiger partial charge in [-0.1, -0.05) is 35.5 Å². The molecule has 1 aromatic heterocycles. The fourth-order valence-corrected chi connectivity index (χ4v) is 5.72. The number of rotatable bonds is 7. The van der Waals surface area contributed by atoms with Crippen molar-refractivity contribution in [3.8, 4) is 0 Å². The lowest BCUT2D eigenvalue weighted by Gasteiger charge is -2.30. The number of hydrogen-bond acceptors (Lipinski definition) is 5. The number of benzene rings is 2. The van der Waals surface area contributed by atoms with Gasteiger partial charge in [-0.3, -0.25) is 4.79 Å². The van der Waals surface area contributed by atoms with Crippen molar-refractivity contribution in [2.75, 3.05) is 13.1 Å². The summed E-state index contributed by atoms with van der Waals surface area (Å²) in [5.41, 5.74) is 1.27. The number of sulfonamides is 1. The van der Waals surface area contributed by atoms with Gasteiger partial charge in [-0.15, -0.1) is 0 Å². The van der Waals surface area contributed by atoms with Gasteiger partial charge in [-0.2, -0.15) is 4.31 Å². The van der Waals surface area contributed by atoms with Crippen molar-refractivity contribution in [3.63, 3.8) is 0 Å². The highest BCUT2D eigenvalue weighted by Gasteiger charge is 2.35. The number of hydrogen-bond donors (Lipinski definition) is 1. The average molecular weight is 502 g/mol. The number of nitrogens with zero attached hydrogens (tertiary/aromatic N) is 2. The van der Waals surface area contributed by atoms with Gasteiger partial charge in [0.2, 0.25) is 15.9 Å². The largest absolute Gasteiger partial charge is 0.355 e. The molecule has 0 aliphatic carbocycles. The maximum absolute atomic E-state index is 13.9. The van der Waals surface area contributed by atoms with Crippen LogP contribution in [0.5, 0.6) is 0 Å². The molecule has 2 aromatic carbocycles. The summed E-state index contributed by atoms with van der Waals surface area (Å²) >= 11 is 0. The van der Waals surface area contributed by atoms with E-state index in [1.807, 2.05) is 0 Å². The van der Waals surface area contributed by atoms with Crippen LogP contribution >= 0.6 is 0 Å². The summed E-state index contributed by atoms with van der Waals surface area (Å²) in [6, 6.07) is 12.0. The second kappa shape index (κ2) is 10.5. The summed E-state index contributed by atoms with van der Waals surface area (Å²) < 4.78 is 60.2. The first kappa shape index (κ1) is 24.7. The van der Waals surface area contributed by atoms with Crippen molar-refractivity contribution in [1.82, 2.24) is 14.8 Å². The molecule has 0 unspecified atom stereocenters. The Labute approximate surface area is 202 Å². The number of carbonyl (C=O) groups is 1. The lowest BCUT2D eigenvalue weighted by molar-refractivity contribution is -0.126. The monoisotopic (exact) mass is 501 g/mol. The molecule has 1 aliphatic heterocycles. The molecule has 1 amide bonds. The Morgan fingerprint density at radius 3 is 2.49 bits per heavy atom. The van der Waals surface area contributed by atoms with Crippen LogP contribution in [0.2, 0.25) is 0 Å². The van der Waals surface area contributed by atoms with Gasteiger partial charge in [0.25, 0.3) is 0 Å². The molecule has 4 rings (SSSR count). The maximum atomic E-state index is 13.9. The number of aryl methyl sites for hydroxylation is 1. The van der Waals surface area contributed by atoms with E-state index in [0.717, 1.165) is 5.56 Å². The topological polar surface area (TPSA) is 92.5 Å². The normalized spacial score (nSPS) is 15.5. The summed E-state index contributed by atoms with van der Waals surface area (Å²) in [7, 11) is -3.94. The Kier molecular flexibility index (Phi) is 7.42. The van der Waals surface area contributed by atoms with Crippen LogP contribution in [0.4, 0.5) is 8.78 Å². The summed E-state index contributed by atoms with van der Waals surface area (Å²) in [6.45, 7) is 2.14. The fourth-order valence-electron chi connectivity index (χ4n) is 4.00. The van der Waals surface area contributed by atoms with Crippen molar-refractivity contribution < 1.29 is 26.5 Å². The Bertz CT molecular complexity index is 1330. The minimum absolute atomic E-state index is 0.0184. The van der Waals surface area contributed by atoms with Crippen molar-refractivity contribution >= 4 is 28.1 Å². The van der Waals surface area contributed by atoms with E-state index in [2.05, 4.69) is 10.5 Å². The lowest BCUT2D eigenvalue weighted by Crippen LogP contribution is -2.43. The molecule has 3 aromatic rings. The van der Waals surface area contributed by atoms with Crippen LogP contribution < -0.4 is 5.32 Å². The molecule has 0 spiro atoms. The Balaban J connectivity index is 1.41. The first-order valence-corrected chi connectivity index (χ1v) is 12.6. The second-order valence-electron chi connectivity index (χ2n) is 8.34. The molecule has 2 heterocycles. The van der Waals surface area contributed by atoms with Gasteiger partial charge in [-0.05, 0) is 55.7 Å². The van der Waals surface area contributed by atoms with Crippen molar-refractivity contribution in [3.05, 3.63) is 82.7 Å². The minimum Gasteiger partial charge on any atom is -0.355 e. The number of piperidine rings is 1. The van der Waals surface area contributed by atoms with Crippen LogP contribution in [0.25, 0.3) is 12.2 Å². The lowest BCUT2D eigenvalue weighted by atomic mass is 9.97. The van der Waals surface area contributed by atoms with Crippen molar-refractivity contribution in [2.45, 2.75) is 31.2 Å². The molecule has 1 saturated heterocycles. The van der Waals surface area contributed by atoms with E-state index < -0.39 is 15.8 Å². The van der Waals surface area contributed by atoms with E-state index >= 15 is 0 Å². The molecule has 0 saturated carbocycles. The molecular weight excluding hydrogens is 476 g/mol. The fraction of sp³-hybridized carbons (Fsp3) is 0.280. The van der Waals surface area contributed by atoms with E-state index in [0.29, 0.717) is 12.8 Å². The number of halogens is 2. The number of amides is 1. The molecule has 1 N–H and O–H groups in total. The predicted octanol–water partition coefficient (Wildman–Crippen LogP) is 4.15. The average Bonchev–Trinajstić information content (AvgIpc) is 3.24. The Morgan fingerprint density at radius 1 is 1.11 bits per heavy atom. The van der Waals surface area contributed by atoms with Gasteiger partial charge in [0.15, 0.2) is 10.7 Å². The maximum Gasteiger partial charge on any atom is 0.248 e. The molecule has 0 radical (unpaired) electrons. The smallest absolute Gasteiger partial charge is 0.248 e. The first-order chi connectivity index (χ1) is 16.8. The van der Waals surface area contributed by atoms with E-state index in [4.69, 9.17) is 4.52 Å². The van der Waals surface area contributed by atoms with Gasteiger partial charge in [0.05, 0.1) is 0 Å². The standard InChI is InChI=1S/C25H25F2N3O4S/c1-17-24(23(34-29-17)11-8-19-4-2-3-5-22(19)27)35(32,33)30-14-12-20(13-15-30)25(31)28-16-18-6-9-21(26)10-7-18/h2-11,20H,12-16H2,1H3,(H,28,31)/b11-8+. The van der Waals surface area contributed by atoms with Gasteiger partial charge in [0.1, 0.15) is 17.3 Å². The highest BCUT2D eigenvalue weighted by atomic mass is 32.2. The van der Waals surface area contributed by atoms with E-state index in [1.165, 1.54) is 41.6 Å². The zero-order chi connectivity index (χ0) is 25.0. The van der Waals surface area contributed by atoms with Gasteiger partial charge in [0, 0.05) is 31.1 Å². The molecule has 1 fully saturated rings. The molecular formula is C25H25F2N3O4S. The number of carbonyl (C=O) groups excluding carboxylic acids is 1. The molecule has 0 bridgehead atoms. The Morgan fingerprint density at radius 2 is 1.80 bits per heavy atom. The molecule has 0 atom stereocenters. The second-order valence-corrected chi connectivity index (χ2v) is 10.2. The van der Waals surface area contributed by atoms with E-state index in [-0.39, 0.29) is 59.2 Å². The zero-order valence-corrected chi connectivity index (χ0v) is 19.9. The molecule has 7 nitrogen and oxygen atoms in total. The minimum atomic E-state index is -3.94. The van der Waals surface area contributed by atoms with Crippen molar-refractivity contribution in [1.29, 1.82) is 0 Å². The van der Waals surface area contributed by atoms with Gasteiger partial charge < -0.3 is 9.84 Å². The molecule has 10 heteroatoms. The summed E-state index contributed by atoms with van der Waals surface area (Å²) in [4.78, 5) is 12.5. The highest BCUT2D eigenvalue weighted by Crippen LogP contribution is 2.29. The van der Waals surface area contributed by atoms with Crippen molar-refractivity contribution in [2.24, 2.45) is 5.92 Å². The molecule has 1 aliphatic rings. The van der Waals surface area contributed by atoms with Gasteiger partial charge in [-0.25, -0.2) is 17.2 Å². The SMILES string of the molecule is Cc1noc(/C=C/c2ccccc2F)c1S(=O)(=O)N1CCC(C(=O)NCc2ccc(F)cc2)CC1. The summed E-state index contributed by atoms with van der Waals surface area (Å²) in [5, 5.41) is 6.63. The van der Waals surface area contributed by atoms with Crippen LogP contribution in [-0.4, -0.2) is 36.9 Å². The highest BCUT2D eigenvalue weighted by molar-refractivity contribution is 7.89. The first-order valence-electron chi connectivity index (χ1n) is 11.2. The third kappa shape index (κ3) is 5.66. The van der Waals surface area contributed by atoms with Crippen LogP contribution in [-0.2, 0) is 21.4 Å².